The topological polar surface area (TPSA) is 20.3 Å². The van der Waals surface area contributed by atoms with Crippen molar-refractivity contribution in [2.75, 3.05) is 18.4 Å². The van der Waals surface area contributed by atoms with Crippen LogP contribution in [0.5, 0.6) is 0 Å². The van der Waals surface area contributed by atoms with Gasteiger partial charge in [0.05, 0.1) is 0 Å². The summed E-state index contributed by atoms with van der Waals surface area (Å²) in [6.07, 6.45) is 2.00. The molecule has 0 N–H and O–H groups in total. The molecule has 1 rings (SSSR count). The molecule has 4 heteroatoms. The molecule has 1 aromatic rings. The van der Waals surface area contributed by atoms with E-state index >= 15 is 0 Å². The average molecular weight is 316 g/mol. The van der Waals surface area contributed by atoms with Crippen molar-refractivity contribution in [3.8, 4) is 0 Å². The molecule has 0 aliphatic heterocycles. The van der Waals surface area contributed by atoms with E-state index < -0.39 is 0 Å². The molecule has 0 fully saturated rings. The van der Waals surface area contributed by atoms with Crippen LogP contribution >= 0.6 is 15.9 Å². The second kappa shape index (κ2) is 7.52. The summed E-state index contributed by atoms with van der Waals surface area (Å²) in [7, 11) is 0. The van der Waals surface area contributed by atoms with Gasteiger partial charge in [-0.2, -0.15) is 0 Å². The minimum absolute atomic E-state index is 0.0834. The molecule has 0 spiro atoms. The molecule has 18 heavy (non-hydrogen) atoms. The van der Waals surface area contributed by atoms with Gasteiger partial charge >= 0.3 is 0 Å². The number of carbonyl (C=O) groups excluding carboxylic acids is 1. The van der Waals surface area contributed by atoms with Crippen LogP contribution < -0.4 is 0 Å². The molecule has 0 heterocycles. The molecular weight excluding hydrogens is 297 g/mol. The first-order valence-corrected chi connectivity index (χ1v) is 7.33. The van der Waals surface area contributed by atoms with Gasteiger partial charge in [0.1, 0.15) is 5.82 Å². The van der Waals surface area contributed by atoms with Gasteiger partial charge in [-0.25, -0.2) is 4.39 Å². The Bertz CT molecular complexity index is 409. The maximum Gasteiger partial charge on any atom is 0.254 e. The van der Waals surface area contributed by atoms with Crippen LogP contribution in [0.4, 0.5) is 4.39 Å². The van der Waals surface area contributed by atoms with E-state index in [2.05, 4.69) is 22.9 Å². The third-order valence-electron chi connectivity index (χ3n) is 2.85. The van der Waals surface area contributed by atoms with Crippen LogP contribution in [0.25, 0.3) is 0 Å². The fraction of sp³-hybridized carbons (Fsp3) is 0.500. The van der Waals surface area contributed by atoms with Gasteiger partial charge in [0.2, 0.25) is 0 Å². The van der Waals surface area contributed by atoms with E-state index in [-0.39, 0.29) is 11.7 Å². The maximum absolute atomic E-state index is 13.2. The van der Waals surface area contributed by atoms with Crippen molar-refractivity contribution in [3.05, 3.63) is 35.1 Å². The Morgan fingerprint density at radius 1 is 1.39 bits per heavy atom. The summed E-state index contributed by atoms with van der Waals surface area (Å²) in [6, 6.07) is 4.35. The largest absolute Gasteiger partial charge is 0.338 e. The number of unbranched alkanes of at least 4 members (excludes halogenated alkanes) is 1. The second-order valence-corrected chi connectivity index (χ2v) is 5.09. The summed E-state index contributed by atoms with van der Waals surface area (Å²) in [5.41, 5.74) is 1.28. The van der Waals surface area contributed by atoms with Crippen molar-refractivity contribution in [1.82, 2.24) is 4.90 Å². The summed E-state index contributed by atoms with van der Waals surface area (Å²) in [5.74, 6) is -0.446. The zero-order valence-electron chi connectivity index (χ0n) is 10.9. The Kier molecular flexibility index (Phi) is 6.33. The highest BCUT2D eigenvalue weighted by Gasteiger charge is 2.17. The molecule has 0 aliphatic rings. The van der Waals surface area contributed by atoms with Gasteiger partial charge in [-0.15, -0.1) is 0 Å². The van der Waals surface area contributed by atoms with E-state index in [1.807, 2.05) is 6.92 Å². The normalized spacial score (nSPS) is 10.4. The average Bonchev–Trinajstić information content (AvgIpc) is 2.36. The third kappa shape index (κ3) is 4.09. The van der Waals surface area contributed by atoms with Crippen molar-refractivity contribution >= 4 is 21.8 Å². The van der Waals surface area contributed by atoms with Crippen LogP contribution in [0.1, 0.15) is 35.7 Å². The maximum atomic E-state index is 13.2. The number of hydrogen-bond donors (Lipinski definition) is 0. The smallest absolute Gasteiger partial charge is 0.254 e. The van der Waals surface area contributed by atoms with Crippen molar-refractivity contribution in [2.24, 2.45) is 0 Å². The van der Waals surface area contributed by atoms with E-state index in [0.717, 1.165) is 30.3 Å². The Hall–Kier alpha value is -0.900. The lowest BCUT2D eigenvalue weighted by Crippen LogP contribution is -2.34. The highest BCUT2D eigenvalue weighted by molar-refractivity contribution is 9.09. The zero-order chi connectivity index (χ0) is 13.5. The van der Waals surface area contributed by atoms with Gasteiger partial charge in [0, 0.05) is 24.0 Å². The summed E-state index contributed by atoms with van der Waals surface area (Å²) >= 11 is 3.35. The number of nitrogens with zero attached hydrogens (tertiary/aromatic N) is 1. The number of amides is 1. The Morgan fingerprint density at radius 3 is 2.72 bits per heavy atom. The van der Waals surface area contributed by atoms with E-state index in [0.29, 0.717) is 12.1 Å². The van der Waals surface area contributed by atoms with E-state index in [1.165, 1.54) is 12.1 Å². The second-order valence-electron chi connectivity index (χ2n) is 4.29. The van der Waals surface area contributed by atoms with Crippen molar-refractivity contribution in [2.45, 2.75) is 26.7 Å². The molecule has 2 nitrogen and oxygen atoms in total. The molecule has 100 valence electrons. The van der Waals surface area contributed by atoms with Gasteiger partial charge in [-0.3, -0.25) is 4.79 Å². The number of rotatable bonds is 6. The highest BCUT2D eigenvalue weighted by atomic mass is 79.9. The number of benzene rings is 1. The molecule has 0 atom stereocenters. The molecule has 0 aliphatic carbocycles. The van der Waals surface area contributed by atoms with Crippen LogP contribution in [0.3, 0.4) is 0 Å². The molecule has 0 bridgehead atoms. The first-order chi connectivity index (χ1) is 8.60. The lowest BCUT2D eigenvalue weighted by Gasteiger charge is -2.22. The first kappa shape index (κ1) is 15.2. The quantitative estimate of drug-likeness (QED) is 0.732. The monoisotopic (exact) mass is 315 g/mol. The van der Waals surface area contributed by atoms with Gasteiger partial charge in [0.15, 0.2) is 0 Å². The van der Waals surface area contributed by atoms with E-state index in [9.17, 15) is 9.18 Å². The standard InChI is InChI=1S/C14H19BrFNO/c1-3-4-8-17(9-7-15)14(18)13-10-12(16)6-5-11(13)2/h5-6,10H,3-4,7-9H2,1-2H3. The molecule has 0 saturated heterocycles. The van der Waals surface area contributed by atoms with Crippen molar-refractivity contribution < 1.29 is 9.18 Å². The highest BCUT2D eigenvalue weighted by Crippen LogP contribution is 2.14. The molecule has 1 aromatic carbocycles. The van der Waals surface area contributed by atoms with Crippen molar-refractivity contribution in [3.63, 3.8) is 0 Å². The zero-order valence-corrected chi connectivity index (χ0v) is 12.5. The van der Waals surface area contributed by atoms with E-state index in [1.54, 1.807) is 11.0 Å². The molecule has 0 radical (unpaired) electrons. The van der Waals surface area contributed by atoms with E-state index in [4.69, 9.17) is 0 Å². The summed E-state index contributed by atoms with van der Waals surface area (Å²) in [4.78, 5) is 14.1. The lowest BCUT2D eigenvalue weighted by atomic mass is 10.1. The summed E-state index contributed by atoms with van der Waals surface area (Å²) < 4.78 is 13.2. The van der Waals surface area contributed by atoms with Crippen LogP contribution in [-0.4, -0.2) is 29.2 Å². The number of aryl methyl sites for hydroxylation is 1. The van der Waals surface area contributed by atoms with Gasteiger partial charge in [-0.05, 0) is 31.0 Å². The van der Waals surface area contributed by atoms with Crippen LogP contribution in [0.15, 0.2) is 18.2 Å². The molecule has 0 unspecified atom stereocenters. The van der Waals surface area contributed by atoms with Crippen LogP contribution in [0, 0.1) is 12.7 Å². The first-order valence-electron chi connectivity index (χ1n) is 6.21. The van der Waals surface area contributed by atoms with Crippen LogP contribution in [0.2, 0.25) is 0 Å². The van der Waals surface area contributed by atoms with Gasteiger partial charge < -0.3 is 4.90 Å². The van der Waals surface area contributed by atoms with Crippen molar-refractivity contribution in [1.29, 1.82) is 0 Å². The fourth-order valence-corrected chi connectivity index (χ4v) is 2.19. The third-order valence-corrected chi connectivity index (χ3v) is 3.21. The molecular formula is C14H19BrFNO. The van der Waals surface area contributed by atoms with Gasteiger partial charge in [-0.1, -0.05) is 35.3 Å². The number of halogens is 2. The lowest BCUT2D eigenvalue weighted by molar-refractivity contribution is 0.0763. The SMILES string of the molecule is CCCCN(CCBr)C(=O)c1cc(F)ccc1C. The number of alkyl halides is 1. The summed E-state index contributed by atoms with van der Waals surface area (Å²) in [5, 5.41) is 0.733. The Labute approximate surface area is 116 Å². The predicted molar refractivity (Wildman–Crippen MR) is 75.7 cm³/mol. The minimum Gasteiger partial charge on any atom is -0.338 e. The Balaban J connectivity index is 2.90. The molecule has 1 amide bonds. The summed E-state index contributed by atoms with van der Waals surface area (Å²) in [6.45, 7) is 5.29. The number of hydrogen-bond acceptors (Lipinski definition) is 1. The fourth-order valence-electron chi connectivity index (χ4n) is 1.76. The van der Waals surface area contributed by atoms with Gasteiger partial charge in [0.25, 0.3) is 5.91 Å². The molecule has 0 saturated carbocycles. The minimum atomic E-state index is -0.363. The van der Waals surface area contributed by atoms with Crippen LogP contribution in [-0.2, 0) is 0 Å². The Morgan fingerprint density at radius 2 is 2.11 bits per heavy atom. The molecule has 0 aromatic heterocycles. The number of carbonyl (C=O) groups is 1. The predicted octanol–water partition coefficient (Wildman–Crippen LogP) is 3.77.